The van der Waals surface area contributed by atoms with Crippen molar-refractivity contribution in [1.29, 1.82) is 0 Å². The van der Waals surface area contributed by atoms with E-state index in [0.29, 0.717) is 5.41 Å². The van der Waals surface area contributed by atoms with Gasteiger partial charge in [-0.2, -0.15) is 0 Å². The molecule has 0 aromatic heterocycles. The highest BCUT2D eigenvalue weighted by molar-refractivity contribution is 7.89. The van der Waals surface area contributed by atoms with Gasteiger partial charge in [0, 0.05) is 0 Å². The van der Waals surface area contributed by atoms with Crippen LogP contribution in [0.15, 0.2) is 59.5 Å². The van der Waals surface area contributed by atoms with Gasteiger partial charge in [0.15, 0.2) is 0 Å². The molecule has 154 valence electrons. The Morgan fingerprint density at radius 2 is 1.00 bits per heavy atom. The van der Waals surface area contributed by atoms with E-state index in [9.17, 15) is 8.42 Å². The van der Waals surface area contributed by atoms with Crippen molar-refractivity contribution in [3.05, 3.63) is 65.7 Å². The highest BCUT2D eigenvalue weighted by Gasteiger charge is 2.14. The Bertz CT molecular complexity index is 736. The number of primary sulfonamides is 1. The molecule has 0 unspecified atom stereocenters. The first kappa shape index (κ1) is 27.6. The Morgan fingerprint density at radius 1 is 0.667 bits per heavy atom. The lowest BCUT2D eigenvalue weighted by atomic mass is 9.87. The van der Waals surface area contributed by atoms with E-state index in [1.807, 2.05) is 13.8 Å². The lowest BCUT2D eigenvalue weighted by molar-refractivity contribution is 0.586. The van der Waals surface area contributed by atoms with Crippen LogP contribution in [0.25, 0.3) is 0 Å². The number of benzene rings is 2. The first-order chi connectivity index (χ1) is 11.8. The third kappa shape index (κ3) is 10.3. The maximum atomic E-state index is 11.0. The number of nitrogens with two attached hydrogens (primary N) is 1. The second kappa shape index (κ2) is 11.3. The lowest BCUT2D eigenvalue weighted by Gasteiger charge is -2.18. The zero-order chi connectivity index (χ0) is 20.6. The fourth-order valence-corrected chi connectivity index (χ4v) is 2.60. The molecule has 0 aliphatic carbocycles. The minimum Gasteiger partial charge on any atom is -0.225 e. The van der Waals surface area contributed by atoms with E-state index >= 15 is 0 Å². The molecule has 2 rings (SSSR count). The summed E-state index contributed by atoms with van der Waals surface area (Å²) in [6.45, 7) is 16.9. The Morgan fingerprint density at radius 3 is 1.26 bits per heavy atom. The van der Waals surface area contributed by atoms with Crippen molar-refractivity contribution in [1.82, 2.24) is 0 Å². The van der Waals surface area contributed by atoms with Crippen LogP contribution >= 0.6 is 0 Å². The summed E-state index contributed by atoms with van der Waals surface area (Å²) in [5.74, 6) is 0. The van der Waals surface area contributed by atoms with Gasteiger partial charge < -0.3 is 0 Å². The second-order valence-electron chi connectivity index (χ2n) is 7.94. The second-order valence-corrected chi connectivity index (χ2v) is 9.50. The quantitative estimate of drug-likeness (QED) is 0.620. The van der Waals surface area contributed by atoms with Crippen LogP contribution in [0.2, 0.25) is 0 Å². The van der Waals surface area contributed by atoms with Gasteiger partial charge in [0.05, 0.1) is 4.90 Å². The lowest BCUT2D eigenvalue weighted by Crippen LogP contribution is -2.14. The van der Waals surface area contributed by atoms with Crippen LogP contribution in [0.5, 0.6) is 0 Å². The molecule has 27 heavy (non-hydrogen) atoms. The van der Waals surface area contributed by atoms with E-state index in [4.69, 9.17) is 5.14 Å². The standard InChI is InChI=1S/C10H15NO2S.C10H14.C2H6.CH4/c1-10(2,3)8-4-6-9(7-5-8)14(11,12)13;1-10(2,3)9-7-5-4-6-8-9;1-2;/h4-7H,1-3H3,(H2,11,12,13);4-8H,1-3H3;1-2H3;1H4. The van der Waals surface area contributed by atoms with Crippen LogP contribution in [-0.4, -0.2) is 8.42 Å². The average Bonchev–Trinajstić information content (AvgIpc) is 2.56. The SMILES string of the molecule is C.CC.CC(C)(C)c1ccc(S(N)(=O)=O)cc1.CC(C)(C)c1ccccc1. The number of rotatable bonds is 1. The first-order valence-corrected chi connectivity index (χ1v) is 10.6. The van der Waals surface area contributed by atoms with Crippen LogP contribution in [0.1, 0.15) is 73.9 Å². The minimum atomic E-state index is -3.57. The summed E-state index contributed by atoms with van der Waals surface area (Å²) in [5, 5.41) is 4.99. The van der Waals surface area contributed by atoms with Crippen molar-refractivity contribution in [3.63, 3.8) is 0 Å². The summed E-state index contributed by atoms with van der Waals surface area (Å²) in [5.41, 5.74) is 2.80. The van der Waals surface area contributed by atoms with Crippen molar-refractivity contribution >= 4 is 10.0 Å². The Hall–Kier alpha value is -1.65. The van der Waals surface area contributed by atoms with Crippen molar-refractivity contribution < 1.29 is 8.42 Å². The third-order valence-corrected chi connectivity index (χ3v) is 4.62. The van der Waals surface area contributed by atoms with Gasteiger partial charge in [0.25, 0.3) is 0 Å². The molecule has 0 radical (unpaired) electrons. The zero-order valence-electron chi connectivity index (χ0n) is 17.5. The Labute approximate surface area is 168 Å². The van der Waals surface area contributed by atoms with Crippen LogP contribution < -0.4 is 5.14 Å². The molecule has 2 aromatic rings. The maximum Gasteiger partial charge on any atom is 0.238 e. The van der Waals surface area contributed by atoms with Gasteiger partial charge in [-0.05, 0) is 34.1 Å². The zero-order valence-corrected chi connectivity index (χ0v) is 18.3. The molecular weight excluding hydrogens is 354 g/mol. The largest absolute Gasteiger partial charge is 0.238 e. The third-order valence-electron chi connectivity index (χ3n) is 3.69. The molecule has 0 fully saturated rings. The predicted octanol–water partition coefficient (Wildman–Crippen LogP) is 6.28. The highest BCUT2D eigenvalue weighted by Crippen LogP contribution is 2.23. The fourth-order valence-electron chi connectivity index (χ4n) is 2.08. The molecule has 0 spiro atoms. The monoisotopic (exact) mass is 393 g/mol. The van der Waals surface area contributed by atoms with Gasteiger partial charge in [0.1, 0.15) is 0 Å². The number of sulfonamides is 1. The van der Waals surface area contributed by atoms with Crippen molar-refractivity contribution in [3.8, 4) is 0 Å². The molecule has 0 heterocycles. The van der Waals surface area contributed by atoms with Gasteiger partial charge >= 0.3 is 0 Å². The summed E-state index contributed by atoms with van der Waals surface area (Å²) >= 11 is 0. The van der Waals surface area contributed by atoms with Crippen LogP contribution in [0.3, 0.4) is 0 Å². The fraction of sp³-hybridized carbons (Fsp3) is 0.478. The molecule has 0 aliphatic rings. The molecule has 3 nitrogen and oxygen atoms in total. The molecule has 0 aliphatic heterocycles. The van der Waals surface area contributed by atoms with Gasteiger partial charge in [-0.25, -0.2) is 13.6 Å². The Balaban J connectivity index is 0. The van der Waals surface area contributed by atoms with Crippen molar-refractivity contribution in [2.24, 2.45) is 5.14 Å². The average molecular weight is 394 g/mol. The summed E-state index contributed by atoms with van der Waals surface area (Å²) in [4.78, 5) is 0.158. The molecule has 0 saturated carbocycles. The van der Waals surface area contributed by atoms with E-state index in [1.54, 1.807) is 12.1 Å². The van der Waals surface area contributed by atoms with Gasteiger partial charge in [0.2, 0.25) is 10.0 Å². The molecular formula is C23H39NO2S. The summed E-state index contributed by atoms with van der Waals surface area (Å²) in [6, 6.07) is 17.2. The smallest absolute Gasteiger partial charge is 0.225 e. The highest BCUT2D eigenvalue weighted by atomic mass is 32.2. The van der Waals surface area contributed by atoms with Crippen molar-refractivity contribution in [2.75, 3.05) is 0 Å². The molecule has 2 aromatic carbocycles. The summed E-state index contributed by atoms with van der Waals surface area (Å²) < 4.78 is 21.9. The molecule has 0 amide bonds. The van der Waals surface area contributed by atoms with E-state index in [1.165, 1.54) is 17.7 Å². The number of hydrogen-bond donors (Lipinski definition) is 1. The molecule has 0 atom stereocenters. The van der Waals surface area contributed by atoms with Crippen molar-refractivity contribution in [2.45, 2.75) is 78.5 Å². The molecule has 0 bridgehead atoms. The first-order valence-electron chi connectivity index (χ1n) is 9.01. The van der Waals surface area contributed by atoms with E-state index in [2.05, 4.69) is 71.9 Å². The van der Waals surface area contributed by atoms with Gasteiger partial charge in [-0.1, -0.05) is 105 Å². The molecule has 2 N–H and O–H groups in total. The van der Waals surface area contributed by atoms with E-state index in [0.717, 1.165) is 5.56 Å². The maximum absolute atomic E-state index is 11.0. The normalized spacial score (nSPS) is 11.1. The molecule has 0 saturated heterocycles. The van der Waals surface area contributed by atoms with Gasteiger partial charge in [-0.15, -0.1) is 0 Å². The Kier molecular flexibility index (Phi) is 11.5. The minimum absolute atomic E-state index is 0. The number of hydrogen-bond acceptors (Lipinski definition) is 2. The van der Waals surface area contributed by atoms with E-state index < -0.39 is 10.0 Å². The topological polar surface area (TPSA) is 60.2 Å². The van der Waals surface area contributed by atoms with Crippen LogP contribution in [0.4, 0.5) is 0 Å². The van der Waals surface area contributed by atoms with E-state index in [-0.39, 0.29) is 17.7 Å². The summed E-state index contributed by atoms with van der Waals surface area (Å²) in [7, 11) is -3.57. The van der Waals surface area contributed by atoms with Crippen LogP contribution in [0, 0.1) is 0 Å². The summed E-state index contributed by atoms with van der Waals surface area (Å²) in [6.07, 6.45) is 0. The van der Waals surface area contributed by atoms with Gasteiger partial charge in [-0.3, -0.25) is 0 Å². The molecule has 4 heteroatoms. The van der Waals surface area contributed by atoms with Crippen LogP contribution in [-0.2, 0) is 20.9 Å². The predicted molar refractivity (Wildman–Crippen MR) is 120 cm³/mol.